The fourth-order valence-corrected chi connectivity index (χ4v) is 5.48. The van der Waals surface area contributed by atoms with E-state index in [0.717, 1.165) is 10.9 Å². The van der Waals surface area contributed by atoms with Crippen LogP contribution in [0.15, 0.2) is 30.5 Å². The number of amides is 5. The Morgan fingerprint density at radius 1 is 0.712 bits per heavy atom. The zero-order chi connectivity index (χ0) is 39.3. The third-order valence-corrected chi connectivity index (χ3v) is 9.17. The molecule has 0 aliphatic carbocycles. The molecule has 16 nitrogen and oxygen atoms in total. The number of hydrogen-bond donors (Lipinski definition) is 9. The van der Waals surface area contributed by atoms with Crippen LogP contribution in [0.2, 0.25) is 0 Å². The van der Waals surface area contributed by atoms with Crippen molar-refractivity contribution in [1.29, 1.82) is 0 Å². The van der Waals surface area contributed by atoms with Crippen molar-refractivity contribution in [1.82, 2.24) is 31.6 Å². The number of nitrogens with one attached hydrogen (secondary N) is 6. The molecule has 0 aliphatic heterocycles. The van der Waals surface area contributed by atoms with Gasteiger partial charge in [0, 0.05) is 23.5 Å². The van der Waals surface area contributed by atoms with E-state index in [1.165, 1.54) is 6.92 Å². The van der Waals surface area contributed by atoms with Crippen molar-refractivity contribution in [2.75, 3.05) is 0 Å². The van der Waals surface area contributed by atoms with E-state index in [2.05, 4.69) is 31.6 Å². The molecule has 0 spiro atoms. The van der Waals surface area contributed by atoms with Gasteiger partial charge in [-0.2, -0.15) is 0 Å². The lowest BCUT2D eigenvalue weighted by atomic mass is 9.95. The number of H-pyrrole nitrogens is 1. The second kappa shape index (κ2) is 20.2. The first-order valence-corrected chi connectivity index (χ1v) is 17.7. The number of carboxylic acids is 2. The monoisotopic (exact) mass is 729 g/mol. The normalized spacial score (nSPS) is 15.9. The Bertz CT molecular complexity index is 1580. The van der Waals surface area contributed by atoms with Crippen LogP contribution in [0.3, 0.4) is 0 Å². The first-order chi connectivity index (χ1) is 24.4. The molecule has 1 heterocycles. The third kappa shape index (κ3) is 12.7. The Balaban J connectivity index is 2.34. The lowest BCUT2D eigenvalue weighted by molar-refractivity contribution is -0.147. The van der Waals surface area contributed by atoms with E-state index in [4.69, 9.17) is 10.8 Å². The van der Waals surface area contributed by atoms with E-state index in [1.807, 2.05) is 45.0 Å². The number of carbonyl (C=O) groups excluding carboxylic acids is 5. The highest BCUT2D eigenvalue weighted by atomic mass is 16.4. The molecule has 52 heavy (non-hydrogen) atoms. The van der Waals surface area contributed by atoms with Gasteiger partial charge in [0.1, 0.15) is 30.2 Å². The van der Waals surface area contributed by atoms with Crippen molar-refractivity contribution in [3.8, 4) is 0 Å². The van der Waals surface area contributed by atoms with E-state index < -0.39 is 84.1 Å². The highest BCUT2D eigenvalue weighted by Crippen LogP contribution is 2.20. The molecule has 2 rings (SSSR count). The fourth-order valence-electron chi connectivity index (χ4n) is 5.48. The number of aromatic amines is 1. The van der Waals surface area contributed by atoms with E-state index in [9.17, 15) is 38.7 Å². The lowest BCUT2D eigenvalue weighted by Crippen LogP contribution is -2.60. The molecule has 0 radical (unpaired) electrons. The maximum absolute atomic E-state index is 13.9. The Labute approximate surface area is 303 Å². The van der Waals surface area contributed by atoms with Crippen LogP contribution >= 0.6 is 0 Å². The molecular weight excluding hydrogens is 674 g/mol. The van der Waals surface area contributed by atoms with Gasteiger partial charge in [-0.05, 0) is 42.7 Å². The summed E-state index contributed by atoms with van der Waals surface area (Å²) in [5.74, 6) is -7.09. The second-order valence-electron chi connectivity index (χ2n) is 13.8. The average molecular weight is 730 g/mol. The first-order valence-electron chi connectivity index (χ1n) is 17.7. The lowest BCUT2D eigenvalue weighted by Gasteiger charge is -2.29. The molecule has 0 fully saturated rings. The Morgan fingerprint density at radius 3 is 1.87 bits per heavy atom. The molecule has 1 aromatic heterocycles. The molecule has 8 atom stereocenters. The number of carbonyl (C=O) groups is 7. The van der Waals surface area contributed by atoms with Crippen LogP contribution in [0.25, 0.3) is 10.9 Å². The van der Waals surface area contributed by atoms with Crippen molar-refractivity contribution >= 4 is 52.4 Å². The van der Waals surface area contributed by atoms with Gasteiger partial charge in [-0.3, -0.25) is 28.8 Å². The maximum atomic E-state index is 13.9. The summed E-state index contributed by atoms with van der Waals surface area (Å²) in [5.41, 5.74) is 7.66. The van der Waals surface area contributed by atoms with Crippen molar-refractivity contribution in [2.45, 2.75) is 117 Å². The molecule has 16 heteroatoms. The Kier molecular flexibility index (Phi) is 16.7. The average Bonchev–Trinajstić information content (AvgIpc) is 3.50. The summed E-state index contributed by atoms with van der Waals surface area (Å²) in [6.07, 6.45) is 2.14. The molecule has 0 aliphatic rings. The van der Waals surface area contributed by atoms with Gasteiger partial charge in [-0.25, -0.2) is 4.79 Å². The van der Waals surface area contributed by atoms with Gasteiger partial charge in [-0.15, -0.1) is 0 Å². The smallest absolute Gasteiger partial charge is 0.326 e. The van der Waals surface area contributed by atoms with Crippen LogP contribution < -0.4 is 32.3 Å². The summed E-state index contributed by atoms with van der Waals surface area (Å²) >= 11 is 0. The van der Waals surface area contributed by atoms with Crippen LogP contribution in [-0.2, 0) is 40.0 Å². The van der Waals surface area contributed by atoms with Crippen LogP contribution in [0.5, 0.6) is 0 Å². The predicted octanol–water partition coefficient (Wildman–Crippen LogP) is 1.18. The Morgan fingerprint density at radius 2 is 1.29 bits per heavy atom. The Hall–Kier alpha value is -4.99. The number of rotatable bonds is 21. The summed E-state index contributed by atoms with van der Waals surface area (Å²) in [4.78, 5) is 92.9. The summed E-state index contributed by atoms with van der Waals surface area (Å²) in [5, 5.41) is 32.1. The summed E-state index contributed by atoms with van der Waals surface area (Å²) in [6.45, 7) is 12.3. The number of carboxylic acid groups (broad SMARTS) is 2. The summed E-state index contributed by atoms with van der Waals surface area (Å²) < 4.78 is 0. The van der Waals surface area contributed by atoms with E-state index >= 15 is 0 Å². The van der Waals surface area contributed by atoms with Gasteiger partial charge in [-0.1, -0.05) is 72.6 Å². The quantitative estimate of drug-likeness (QED) is 0.0886. The van der Waals surface area contributed by atoms with Crippen LogP contribution in [0.4, 0.5) is 0 Å². The standard InChI is InChI=1S/C36H55N7O9/c1-8-19(5)29(37)34(49)43-30(20(6)9-2)35(50)41-26(15-22-17-38-24-13-11-10-12-23(22)24)32(47)39-21(7)31(46)40-25(14-18(3)4)33(48)42-27(36(51)52)16-28(44)45/h10-13,17-21,25-27,29-30,38H,8-9,14-16,37H2,1-7H3,(H,39,47)(H,40,46)(H,41,50)(H,42,48)(H,43,49)(H,44,45)(H,51,52)/t19-,20-,21+,25-,26-,27-,29-,30-/m0/s1. The predicted molar refractivity (Wildman–Crippen MR) is 194 cm³/mol. The summed E-state index contributed by atoms with van der Waals surface area (Å²) in [6, 6.07) is 0.123. The number of aliphatic carboxylic acids is 2. The van der Waals surface area contributed by atoms with E-state index in [-0.39, 0.29) is 30.6 Å². The zero-order valence-corrected chi connectivity index (χ0v) is 30.9. The SMILES string of the molecule is CC[C@H](C)[C@H](N)C(=O)N[C@H](C(=O)N[C@@H](Cc1c[nH]c2ccccc12)C(=O)N[C@H](C)C(=O)N[C@@H](CC(C)C)C(=O)N[C@@H](CC(=O)O)C(=O)O)[C@@H](C)CC. The van der Waals surface area contributed by atoms with Gasteiger partial charge in [0.15, 0.2) is 0 Å². The zero-order valence-electron chi connectivity index (χ0n) is 30.9. The molecule has 0 saturated carbocycles. The minimum absolute atomic E-state index is 0.0159. The van der Waals surface area contributed by atoms with Crippen molar-refractivity contribution in [3.05, 3.63) is 36.0 Å². The van der Waals surface area contributed by atoms with Gasteiger partial charge < -0.3 is 47.5 Å². The molecule has 1 aromatic carbocycles. The topological polar surface area (TPSA) is 262 Å². The van der Waals surface area contributed by atoms with Crippen LogP contribution in [0.1, 0.15) is 79.7 Å². The number of benzene rings is 1. The van der Waals surface area contributed by atoms with Gasteiger partial charge in [0.2, 0.25) is 29.5 Å². The molecular formula is C36H55N7O9. The molecule has 0 unspecified atom stereocenters. The maximum Gasteiger partial charge on any atom is 0.326 e. The molecule has 0 bridgehead atoms. The number of nitrogens with two attached hydrogens (primary N) is 1. The highest BCUT2D eigenvalue weighted by Gasteiger charge is 2.34. The first kappa shape index (κ1) is 43.2. The number of aromatic nitrogens is 1. The number of para-hydroxylation sites is 1. The number of hydrogen-bond acceptors (Lipinski definition) is 8. The van der Waals surface area contributed by atoms with E-state index in [0.29, 0.717) is 18.4 Å². The van der Waals surface area contributed by atoms with Crippen molar-refractivity contribution < 1.29 is 43.8 Å². The van der Waals surface area contributed by atoms with Crippen LogP contribution in [0, 0.1) is 17.8 Å². The van der Waals surface area contributed by atoms with Gasteiger partial charge >= 0.3 is 11.9 Å². The minimum Gasteiger partial charge on any atom is -0.481 e. The molecule has 288 valence electrons. The molecule has 5 amide bonds. The van der Waals surface area contributed by atoms with Crippen molar-refractivity contribution in [2.24, 2.45) is 23.5 Å². The molecule has 2 aromatic rings. The van der Waals surface area contributed by atoms with Crippen molar-refractivity contribution in [3.63, 3.8) is 0 Å². The second-order valence-corrected chi connectivity index (χ2v) is 13.8. The van der Waals surface area contributed by atoms with Gasteiger partial charge in [0.05, 0.1) is 12.5 Å². The third-order valence-electron chi connectivity index (χ3n) is 9.17. The summed E-state index contributed by atoms with van der Waals surface area (Å²) in [7, 11) is 0. The minimum atomic E-state index is -1.72. The molecule has 0 saturated heterocycles. The molecule has 10 N–H and O–H groups in total. The van der Waals surface area contributed by atoms with Gasteiger partial charge in [0.25, 0.3) is 0 Å². The number of fused-ring (bicyclic) bond motifs is 1. The fraction of sp³-hybridized carbons (Fsp3) is 0.583. The van der Waals surface area contributed by atoms with E-state index in [1.54, 1.807) is 27.0 Å². The largest absolute Gasteiger partial charge is 0.481 e. The highest BCUT2D eigenvalue weighted by molar-refractivity contribution is 5.97. The van der Waals surface area contributed by atoms with Crippen LogP contribution in [-0.4, -0.2) is 92.9 Å².